The van der Waals surface area contributed by atoms with Crippen LogP contribution in [0.25, 0.3) is 11.1 Å². The van der Waals surface area contributed by atoms with Crippen molar-refractivity contribution in [1.82, 2.24) is 9.80 Å². The van der Waals surface area contributed by atoms with Gasteiger partial charge in [-0.1, -0.05) is 72.8 Å². The molecule has 0 bridgehead atoms. The van der Waals surface area contributed by atoms with Gasteiger partial charge in [-0.3, -0.25) is 19.2 Å². The summed E-state index contributed by atoms with van der Waals surface area (Å²) in [6.07, 6.45) is 0.287. The van der Waals surface area contributed by atoms with Gasteiger partial charge < -0.3 is 9.80 Å². The smallest absolute Gasteiger partial charge is 0.254 e. The molecule has 1 heterocycles. The minimum absolute atomic E-state index is 0.0624. The Morgan fingerprint density at radius 2 is 1.17 bits per heavy atom. The van der Waals surface area contributed by atoms with Crippen LogP contribution in [-0.2, 0) is 4.79 Å². The van der Waals surface area contributed by atoms with Crippen molar-refractivity contribution < 1.29 is 19.2 Å². The summed E-state index contributed by atoms with van der Waals surface area (Å²) in [6, 6.07) is 24.2. The molecule has 2 amide bonds. The summed E-state index contributed by atoms with van der Waals surface area (Å²) in [7, 11) is 0. The highest BCUT2D eigenvalue weighted by atomic mass is 16.2. The number of hydrogen-bond acceptors (Lipinski definition) is 4. The predicted octanol–water partition coefficient (Wildman–Crippen LogP) is 4.50. The fourth-order valence-electron chi connectivity index (χ4n) is 4.31. The molecule has 0 aliphatic carbocycles. The molecule has 1 aliphatic rings. The van der Waals surface area contributed by atoms with Gasteiger partial charge >= 0.3 is 0 Å². The average Bonchev–Trinajstić information content (AvgIpc) is 2.91. The predicted molar refractivity (Wildman–Crippen MR) is 134 cm³/mol. The van der Waals surface area contributed by atoms with Crippen molar-refractivity contribution in [3.8, 4) is 11.1 Å². The van der Waals surface area contributed by atoms with Crippen LogP contribution < -0.4 is 0 Å². The third kappa shape index (κ3) is 5.72. The molecule has 0 spiro atoms. The van der Waals surface area contributed by atoms with Gasteiger partial charge in [0.1, 0.15) is 0 Å². The quantitative estimate of drug-likeness (QED) is 0.479. The molecule has 1 aliphatic heterocycles. The Labute approximate surface area is 205 Å². The Kier molecular flexibility index (Phi) is 7.51. The highest BCUT2D eigenvalue weighted by Crippen LogP contribution is 2.20. The first-order chi connectivity index (χ1) is 16.9. The third-order valence-corrected chi connectivity index (χ3v) is 6.34. The molecule has 0 N–H and O–H groups in total. The van der Waals surface area contributed by atoms with Crippen molar-refractivity contribution in [3.63, 3.8) is 0 Å². The molecular weight excluding hydrogens is 440 g/mol. The van der Waals surface area contributed by atoms with Gasteiger partial charge in [-0.25, -0.2) is 0 Å². The van der Waals surface area contributed by atoms with Crippen LogP contribution in [0.5, 0.6) is 0 Å². The molecule has 3 aromatic rings. The van der Waals surface area contributed by atoms with Crippen LogP contribution in [0, 0.1) is 0 Å². The maximum atomic E-state index is 12.9. The topological polar surface area (TPSA) is 74.8 Å². The van der Waals surface area contributed by atoms with Crippen molar-refractivity contribution in [2.45, 2.75) is 19.8 Å². The second kappa shape index (κ2) is 10.9. The molecule has 0 unspecified atom stereocenters. The van der Waals surface area contributed by atoms with Gasteiger partial charge in [-0.05, 0) is 24.1 Å². The van der Waals surface area contributed by atoms with Gasteiger partial charge in [0.05, 0.1) is 5.56 Å². The standard InChI is InChI=1S/C29H28N2O4/c1-21(32)25-9-5-6-10-26(25)29(35)31-19-17-30(18-20-31)28(34)16-15-27(33)24-13-11-23(12-14-24)22-7-3-2-4-8-22/h2-14H,15-20H2,1H3. The van der Waals surface area contributed by atoms with Crippen molar-refractivity contribution in [2.24, 2.45) is 0 Å². The zero-order valence-electron chi connectivity index (χ0n) is 19.8. The van der Waals surface area contributed by atoms with E-state index >= 15 is 0 Å². The van der Waals surface area contributed by atoms with Gasteiger partial charge in [0.2, 0.25) is 5.91 Å². The molecule has 1 fully saturated rings. The summed E-state index contributed by atoms with van der Waals surface area (Å²) in [5.41, 5.74) is 3.52. The van der Waals surface area contributed by atoms with Crippen LogP contribution in [0.2, 0.25) is 0 Å². The normalized spacial score (nSPS) is 13.4. The summed E-state index contributed by atoms with van der Waals surface area (Å²) >= 11 is 0. The summed E-state index contributed by atoms with van der Waals surface area (Å²) < 4.78 is 0. The Balaban J connectivity index is 1.27. The number of nitrogens with zero attached hydrogens (tertiary/aromatic N) is 2. The van der Waals surface area contributed by atoms with Crippen LogP contribution in [0.1, 0.15) is 50.8 Å². The van der Waals surface area contributed by atoms with E-state index in [2.05, 4.69) is 0 Å². The van der Waals surface area contributed by atoms with Crippen LogP contribution >= 0.6 is 0 Å². The maximum absolute atomic E-state index is 12.9. The van der Waals surface area contributed by atoms with E-state index in [0.29, 0.717) is 42.9 Å². The van der Waals surface area contributed by atoms with Gasteiger partial charge in [0.15, 0.2) is 11.6 Å². The Morgan fingerprint density at radius 3 is 1.80 bits per heavy atom. The fraction of sp³-hybridized carbons (Fsp3) is 0.241. The number of amides is 2. The highest BCUT2D eigenvalue weighted by molar-refractivity contribution is 6.07. The highest BCUT2D eigenvalue weighted by Gasteiger charge is 2.26. The number of benzene rings is 3. The molecule has 0 aromatic heterocycles. The zero-order chi connectivity index (χ0) is 24.8. The lowest BCUT2D eigenvalue weighted by atomic mass is 10.0. The summed E-state index contributed by atoms with van der Waals surface area (Å²) in [4.78, 5) is 53.4. The number of Topliss-reactive ketones (excluding diaryl/α,β-unsaturated/α-hetero) is 2. The van der Waals surface area contributed by atoms with Crippen LogP contribution in [0.3, 0.4) is 0 Å². The second-order valence-electron chi connectivity index (χ2n) is 8.64. The molecule has 6 nitrogen and oxygen atoms in total. The van der Waals surface area contributed by atoms with Gasteiger partial charge in [0, 0.05) is 50.1 Å². The Morgan fingerprint density at radius 1 is 0.629 bits per heavy atom. The van der Waals surface area contributed by atoms with Gasteiger partial charge in [0.25, 0.3) is 5.91 Å². The first kappa shape index (κ1) is 24.1. The number of carbonyl (C=O) groups is 4. The van der Waals surface area contributed by atoms with E-state index in [-0.39, 0.29) is 36.2 Å². The number of rotatable bonds is 7. The minimum atomic E-state index is -0.197. The minimum Gasteiger partial charge on any atom is -0.339 e. The zero-order valence-corrected chi connectivity index (χ0v) is 19.8. The lowest BCUT2D eigenvalue weighted by Gasteiger charge is -2.35. The first-order valence-corrected chi connectivity index (χ1v) is 11.8. The Bertz CT molecular complexity index is 1230. The largest absolute Gasteiger partial charge is 0.339 e. The first-order valence-electron chi connectivity index (χ1n) is 11.8. The van der Waals surface area contributed by atoms with E-state index in [4.69, 9.17) is 0 Å². The van der Waals surface area contributed by atoms with Crippen molar-refractivity contribution in [3.05, 3.63) is 95.6 Å². The lowest BCUT2D eigenvalue weighted by Crippen LogP contribution is -2.50. The van der Waals surface area contributed by atoms with Crippen LogP contribution in [0.4, 0.5) is 0 Å². The molecule has 1 saturated heterocycles. The fourth-order valence-corrected chi connectivity index (χ4v) is 4.31. The number of carbonyl (C=O) groups excluding carboxylic acids is 4. The van der Waals surface area contributed by atoms with Gasteiger partial charge in [-0.2, -0.15) is 0 Å². The summed E-state index contributed by atoms with van der Waals surface area (Å²) in [5, 5.41) is 0. The van der Waals surface area contributed by atoms with Crippen LogP contribution in [0.15, 0.2) is 78.9 Å². The van der Waals surface area contributed by atoms with E-state index in [1.807, 2.05) is 42.5 Å². The number of ketones is 2. The second-order valence-corrected chi connectivity index (χ2v) is 8.64. The molecule has 6 heteroatoms. The molecule has 3 aromatic carbocycles. The molecule has 0 radical (unpaired) electrons. The molecule has 178 valence electrons. The molecule has 0 atom stereocenters. The monoisotopic (exact) mass is 468 g/mol. The molecule has 0 saturated carbocycles. The van der Waals surface area contributed by atoms with Crippen molar-refractivity contribution in [1.29, 1.82) is 0 Å². The molecule has 35 heavy (non-hydrogen) atoms. The van der Waals surface area contributed by atoms with E-state index in [1.54, 1.807) is 46.2 Å². The summed E-state index contributed by atoms with van der Waals surface area (Å²) in [5.74, 6) is -0.498. The average molecular weight is 469 g/mol. The maximum Gasteiger partial charge on any atom is 0.254 e. The van der Waals surface area contributed by atoms with Crippen molar-refractivity contribution >= 4 is 23.4 Å². The third-order valence-electron chi connectivity index (χ3n) is 6.34. The Hall–Kier alpha value is -4.06. The number of hydrogen-bond donors (Lipinski definition) is 0. The number of piperazine rings is 1. The van der Waals surface area contributed by atoms with Crippen molar-refractivity contribution in [2.75, 3.05) is 26.2 Å². The van der Waals surface area contributed by atoms with E-state index in [0.717, 1.165) is 11.1 Å². The lowest BCUT2D eigenvalue weighted by molar-refractivity contribution is -0.132. The SMILES string of the molecule is CC(=O)c1ccccc1C(=O)N1CCN(C(=O)CCC(=O)c2ccc(-c3ccccc3)cc2)CC1. The summed E-state index contributed by atoms with van der Waals surface area (Å²) in [6.45, 7) is 3.05. The van der Waals surface area contributed by atoms with Crippen LogP contribution in [-0.4, -0.2) is 59.4 Å². The van der Waals surface area contributed by atoms with E-state index < -0.39 is 0 Å². The van der Waals surface area contributed by atoms with E-state index in [9.17, 15) is 19.2 Å². The van der Waals surface area contributed by atoms with E-state index in [1.165, 1.54) is 6.92 Å². The molecular formula is C29H28N2O4. The molecule has 4 rings (SSSR count). The van der Waals surface area contributed by atoms with Gasteiger partial charge in [-0.15, -0.1) is 0 Å².